The predicted octanol–water partition coefficient (Wildman–Crippen LogP) is 2.29. The topological polar surface area (TPSA) is 73.4 Å². The minimum Gasteiger partial charge on any atom is -0.384 e. The Morgan fingerprint density at radius 1 is 1.40 bits per heavy atom. The van der Waals surface area contributed by atoms with Crippen molar-refractivity contribution in [1.82, 2.24) is 15.1 Å². The van der Waals surface area contributed by atoms with Crippen molar-refractivity contribution in [3.8, 4) is 0 Å². The van der Waals surface area contributed by atoms with Gasteiger partial charge in [-0.3, -0.25) is 9.89 Å². The molecule has 1 aromatic heterocycles. The molecule has 1 aliphatic heterocycles. The second-order valence-corrected chi connectivity index (χ2v) is 5.38. The van der Waals surface area contributed by atoms with Crippen LogP contribution in [0.3, 0.4) is 0 Å². The van der Waals surface area contributed by atoms with E-state index < -0.39 is 0 Å². The highest BCUT2D eigenvalue weighted by molar-refractivity contribution is 6.27. The lowest BCUT2D eigenvalue weighted by molar-refractivity contribution is -0.103. The Labute approximate surface area is 119 Å². The molecule has 0 spiro atoms. The molecule has 0 amide bonds. The minimum atomic E-state index is 0.323. The van der Waals surface area contributed by atoms with E-state index in [0.29, 0.717) is 17.6 Å². The van der Waals surface area contributed by atoms with Crippen LogP contribution in [0.1, 0.15) is 44.7 Å². The summed E-state index contributed by atoms with van der Waals surface area (Å²) in [7, 11) is 1.84. The third-order valence-electron chi connectivity index (χ3n) is 3.61. The zero-order valence-electron chi connectivity index (χ0n) is 12.4. The van der Waals surface area contributed by atoms with Gasteiger partial charge in [-0.1, -0.05) is 13.8 Å². The maximum Gasteiger partial charge on any atom is 0.199 e. The quantitative estimate of drug-likeness (QED) is 0.503. The Kier molecular flexibility index (Phi) is 4.76. The summed E-state index contributed by atoms with van der Waals surface area (Å²) in [6.45, 7) is 5.97. The summed E-state index contributed by atoms with van der Waals surface area (Å²) in [5, 5.41) is 10.4. The summed E-state index contributed by atoms with van der Waals surface area (Å²) in [5.41, 5.74) is 1.88. The Morgan fingerprint density at radius 3 is 2.65 bits per heavy atom. The minimum absolute atomic E-state index is 0.323. The van der Waals surface area contributed by atoms with Crippen LogP contribution < -0.4 is 5.32 Å². The normalized spacial score (nSPS) is 16.6. The molecule has 0 radical (unpaired) electrons. The summed E-state index contributed by atoms with van der Waals surface area (Å²) < 4.78 is 0. The number of aromatic amines is 1. The Bertz CT molecular complexity index is 486. The number of rotatable bonds is 4. The van der Waals surface area contributed by atoms with Gasteiger partial charge in [0.2, 0.25) is 0 Å². The molecule has 1 saturated heterocycles. The second-order valence-electron chi connectivity index (χ2n) is 5.38. The van der Waals surface area contributed by atoms with Crippen LogP contribution in [0.2, 0.25) is 0 Å². The van der Waals surface area contributed by atoms with Crippen molar-refractivity contribution in [2.45, 2.75) is 39.0 Å². The number of hydrogen-bond donors (Lipinski definition) is 2. The van der Waals surface area contributed by atoms with Crippen LogP contribution in [0.4, 0.5) is 11.5 Å². The lowest BCUT2D eigenvalue weighted by Gasteiger charge is -2.27. The van der Waals surface area contributed by atoms with Crippen molar-refractivity contribution in [3.05, 3.63) is 5.69 Å². The lowest BCUT2D eigenvalue weighted by atomic mass is 10.1. The maximum atomic E-state index is 11.3. The van der Waals surface area contributed by atoms with E-state index in [1.807, 2.05) is 11.9 Å². The third-order valence-corrected chi connectivity index (χ3v) is 3.61. The SMILES string of the molecule is CNc1c(N=C(C=O)N2CCCCC2)n[nH]c1C(C)C. The number of anilines is 1. The van der Waals surface area contributed by atoms with Crippen LogP contribution in [0.5, 0.6) is 0 Å². The number of nitrogens with zero attached hydrogens (tertiary/aromatic N) is 3. The van der Waals surface area contributed by atoms with E-state index in [-0.39, 0.29) is 0 Å². The van der Waals surface area contributed by atoms with Crippen molar-refractivity contribution in [2.75, 3.05) is 25.5 Å². The number of amidine groups is 1. The van der Waals surface area contributed by atoms with Gasteiger partial charge in [-0.15, -0.1) is 0 Å². The average Bonchev–Trinajstić information content (AvgIpc) is 2.88. The average molecular weight is 277 g/mol. The molecule has 110 valence electrons. The van der Waals surface area contributed by atoms with Crippen LogP contribution in [0.25, 0.3) is 0 Å². The summed E-state index contributed by atoms with van der Waals surface area (Å²) in [6.07, 6.45) is 4.28. The molecule has 20 heavy (non-hydrogen) atoms. The molecular weight excluding hydrogens is 254 g/mol. The molecule has 2 heterocycles. The van der Waals surface area contributed by atoms with Gasteiger partial charge in [0.05, 0.1) is 5.69 Å². The Morgan fingerprint density at radius 2 is 2.10 bits per heavy atom. The van der Waals surface area contributed by atoms with Crippen LogP contribution >= 0.6 is 0 Å². The van der Waals surface area contributed by atoms with Gasteiger partial charge in [0, 0.05) is 20.1 Å². The first kappa shape index (κ1) is 14.6. The van der Waals surface area contributed by atoms with E-state index >= 15 is 0 Å². The molecular formula is C14H23N5O. The predicted molar refractivity (Wildman–Crippen MR) is 80.8 cm³/mol. The molecule has 1 fully saturated rings. The number of aldehydes is 1. The Balaban J connectivity index is 2.29. The van der Waals surface area contributed by atoms with Crippen LogP contribution in [-0.4, -0.2) is 47.4 Å². The van der Waals surface area contributed by atoms with Crippen LogP contribution in [-0.2, 0) is 4.79 Å². The van der Waals surface area contributed by atoms with E-state index in [0.717, 1.165) is 43.6 Å². The molecule has 0 aromatic carbocycles. The highest BCUT2D eigenvalue weighted by atomic mass is 16.1. The fourth-order valence-electron chi connectivity index (χ4n) is 2.49. The fraction of sp³-hybridized carbons (Fsp3) is 0.643. The molecule has 1 aliphatic rings. The van der Waals surface area contributed by atoms with E-state index in [4.69, 9.17) is 0 Å². The summed E-state index contributed by atoms with van der Waals surface area (Å²) >= 11 is 0. The zero-order chi connectivity index (χ0) is 14.5. The number of piperidine rings is 1. The van der Waals surface area contributed by atoms with Gasteiger partial charge in [-0.2, -0.15) is 5.10 Å². The van der Waals surface area contributed by atoms with Crippen molar-refractivity contribution < 1.29 is 4.79 Å². The summed E-state index contributed by atoms with van der Waals surface area (Å²) in [6, 6.07) is 0. The van der Waals surface area contributed by atoms with Gasteiger partial charge in [0.1, 0.15) is 5.69 Å². The highest BCUT2D eigenvalue weighted by Crippen LogP contribution is 2.30. The first-order valence-electron chi connectivity index (χ1n) is 7.22. The van der Waals surface area contributed by atoms with Gasteiger partial charge < -0.3 is 10.2 Å². The molecule has 0 saturated carbocycles. The third kappa shape index (κ3) is 3.00. The van der Waals surface area contributed by atoms with Gasteiger partial charge >= 0.3 is 0 Å². The smallest absolute Gasteiger partial charge is 0.199 e. The number of nitrogens with one attached hydrogen (secondary N) is 2. The molecule has 1 aromatic rings. The van der Waals surface area contributed by atoms with E-state index in [2.05, 4.69) is 34.4 Å². The van der Waals surface area contributed by atoms with Gasteiger partial charge in [-0.05, 0) is 25.2 Å². The molecule has 6 heteroatoms. The van der Waals surface area contributed by atoms with Crippen molar-refractivity contribution in [2.24, 2.45) is 4.99 Å². The van der Waals surface area contributed by atoms with Crippen molar-refractivity contribution >= 4 is 23.6 Å². The number of aromatic nitrogens is 2. The molecule has 0 atom stereocenters. The van der Waals surface area contributed by atoms with Gasteiger partial charge in [0.25, 0.3) is 0 Å². The molecule has 0 aliphatic carbocycles. The number of aliphatic imine (C=N–C) groups is 1. The summed E-state index contributed by atoms with van der Waals surface area (Å²) in [4.78, 5) is 17.8. The molecule has 2 rings (SSSR count). The highest BCUT2D eigenvalue weighted by Gasteiger charge is 2.18. The lowest BCUT2D eigenvalue weighted by Crippen LogP contribution is -2.36. The number of H-pyrrole nitrogens is 1. The number of carbonyl (C=O) groups is 1. The Hall–Kier alpha value is -1.85. The van der Waals surface area contributed by atoms with E-state index in [1.54, 1.807) is 0 Å². The van der Waals surface area contributed by atoms with E-state index in [1.165, 1.54) is 6.42 Å². The van der Waals surface area contributed by atoms with Crippen LogP contribution in [0, 0.1) is 0 Å². The monoisotopic (exact) mass is 277 g/mol. The first-order chi connectivity index (χ1) is 9.67. The fourth-order valence-corrected chi connectivity index (χ4v) is 2.49. The van der Waals surface area contributed by atoms with Gasteiger partial charge in [-0.25, -0.2) is 4.99 Å². The van der Waals surface area contributed by atoms with Crippen molar-refractivity contribution in [3.63, 3.8) is 0 Å². The zero-order valence-corrected chi connectivity index (χ0v) is 12.4. The summed E-state index contributed by atoms with van der Waals surface area (Å²) in [5.74, 6) is 1.36. The number of hydrogen-bond acceptors (Lipinski definition) is 4. The van der Waals surface area contributed by atoms with E-state index in [9.17, 15) is 4.79 Å². The number of carbonyl (C=O) groups excluding carboxylic acids is 1. The standard InChI is InChI=1S/C14H23N5O/c1-10(2)12-13(15-3)14(18-17-12)16-11(9-20)19-7-5-4-6-8-19/h9-10,15H,4-8H2,1-3H3,(H,17,18). The molecule has 6 nitrogen and oxygen atoms in total. The molecule has 2 N–H and O–H groups in total. The van der Waals surface area contributed by atoms with Crippen LogP contribution in [0.15, 0.2) is 4.99 Å². The number of likely N-dealkylation sites (tertiary alicyclic amines) is 1. The maximum absolute atomic E-state index is 11.3. The van der Waals surface area contributed by atoms with Gasteiger partial charge in [0.15, 0.2) is 17.9 Å². The molecule has 0 unspecified atom stereocenters. The largest absolute Gasteiger partial charge is 0.384 e. The second kappa shape index (κ2) is 6.54. The first-order valence-corrected chi connectivity index (χ1v) is 7.22. The molecule has 0 bridgehead atoms. The van der Waals surface area contributed by atoms with Crippen molar-refractivity contribution in [1.29, 1.82) is 0 Å².